The molecule has 0 aliphatic rings. The van der Waals surface area contributed by atoms with E-state index in [0.717, 1.165) is 0 Å². The molecule has 3 nitrogen and oxygen atoms in total. The van der Waals surface area contributed by atoms with E-state index in [1.807, 2.05) is 20.8 Å². The fourth-order valence-electron chi connectivity index (χ4n) is 2.08. The van der Waals surface area contributed by atoms with Crippen LogP contribution in [0.15, 0.2) is 42.5 Å². The summed E-state index contributed by atoms with van der Waals surface area (Å²) in [6.45, 7) is 5.53. The van der Waals surface area contributed by atoms with E-state index in [4.69, 9.17) is 17.3 Å². The maximum Gasteiger partial charge on any atom is 0.128 e. The average Bonchev–Trinajstić information content (AvgIpc) is 2.47. The van der Waals surface area contributed by atoms with Gasteiger partial charge in [0.05, 0.1) is 21.8 Å². The Kier molecular flexibility index (Phi) is 5.45. The van der Waals surface area contributed by atoms with Crippen LogP contribution in [-0.4, -0.2) is 8.96 Å². The Bertz CT molecular complexity index is 731. The van der Waals surface area contributed by atoms with Crippen LogP contribution in [0.4, 0.5) is 10.1 Å². The molecule has 0 aliphatic heterocycles. The van der Waals surface area contributed by atoms with E-state index < -0.39 is 27.6 Å². The summed E-state index contributed by atoms with van der Waals surface area (Å²) in [5, 5.41) is 0.485. The summed E-state index contributed by atoms with van der Waals surface area (Å²) in [6, 6.07) is 10.7. The van der Waals surface area contributed by atoms with Crippen LogP contribution in [0, 0.1) is 5.82 Å². The number of nitrogen functional groups attached to an aromatic ring is 1. The van der Waals surface area contributed by atoms with Crippen molar-refractivity contribution in [1.29, 1.82) is 0 Å². The largest absolute Gasteiger partial charge is 0.398 e. The van der Waals surface area contributed by atoms with Crippen LogP contribution < -0.4 is 10.5 Å². The number of benzene rings is 2. The summed E-state index contributed by atoms with van der Waals surface area (Å²) in [5.41, 5.74) is 7.47. The summed E-state index contributed by atoms with van der Waals surface area (Å²) in [7, 11) is -1.41. The highest BCUT2D eigenvalue weighted by atomic mass is 35.5. The van der Waals surface area contributed by atoms with Crippen molar-refractivity contribution in [3.05, 3.63) is 64.4 Å². The van der Waals surface area contributed by atoms with E-state index in [2.05, 4.69) is 4.72 Å². The molecule has 6 heteroatoms. The van der Waals surface area contributed by atoms with Crippen LogP contribution in [0.25, 0.3) is 0 Å². The number of nitrogens with two attached hydrogens (primary N) is 1. The molecular formula is C17H20ClFN2OS. The monoisotopic (exact) mass is 354 g/mol. The van der Waals surface area contributed by atoms with Gasteiger partial charge in [-0.05, 0) is 50.6 Å². The second-order valence-corrected chi connectivity index (χ2v) is 8.66. The van der Waals surface area contributed by atoms with Crippen molar-refractivity contribution in [1.82, 2.24) is 4.72 Å². The van der Waals surface area contributed by atoms with Gasteiger partial charge < -0.3 is 5.73 Å². The summed E-state index contributed by atoms with van der Waals surface area (Å²) in [5.74, 6) is -0.393. The first-order chi connectivity index (χ1) is 10.7. The second kappa shape index (κ2) is 6.99. The summed E-state index contributed by atoms with van der Waals surface area (Å²) in [6.07, 6.45) is 0. The van der Waals surface area contributed by atoms with Gasteiger partial charge in [0.25, 0.3) is 0 Å². The van der Waals surface area contributed by atoms with Gasteiger partial charge in [0.15, 0.2) is 0 Å². The molecule has 2 rings (SSSR count). The van der Waals surface area contributed by atoms with Gasteiger partial charge in [0.2, 0.25) is 0 Å². The quantitative estimate of drug-likeness (QED) is 0.808. The van der Waals surface area contributed by atoms with Crippen molar-refractivity contribution in [3.8, 4) is 0 Å². The van der Waals surface area contributed by atoms with Crippen molar-refractivity contribution < 1.29 is 8.60 Å². The topological polar surface area (TPSA) is 55.1 Å². The lowest BCUT2D eigenvalue weighted by Crippen LogP contribution is -2.36. The smallest absolute Gasteiger partial charge is 0.128 e. The Morgan fingerprint density at radius 2 is 1.83 bits per heavy atom. The number of rotatable bonds is 4. The van der Waals surface area contributed by atoms with E-state index in [0.29, 0.717) is 21.8 Å². The van der Waals surface area contributed by atoms with E-state index in [1.54, 1.807) is 36.4 Å². The van der Waals surface area contributed by atoms with Crippen molar-refractivity contribution in [2.75, 3.05) is 5.73 Å². The average molecular weight is 355 g/mol. The molecule has 0 aliphatic carbocycles. The van der Waals surface area contributed by atoms with Crippen molar-refractivity contribution in [2.45, 2.75) is 31.6 Å². The Hall–Kier alpha value is -1.43. The van der Waals surface area contributed by atoms with Crippen LogP contribution in [-0.2, 0) is 11.0 Å². The maximum atomic E-state index is 14.3. The maximum absolute atomic E-state index is 14.3. The highest BCUT2D eigenvalue weighted by Gasteiger charge is 2.27. The SMILES string of the molecule is CC(C)(C)[S@](=O)N[C@@H](c1cc(Cl)ccc1N)c1ccccc1F. The molecule has 124 valence electrons. The molecule has 0 saturated carbocycles. The first-order valence-electron chi connectivity index (χ1n) is 7.17. The molecule has 0 heterocycles. The van der Waals surface area contributed by atoms with Crippen LogP contribution in [0.5, 0.6) is 0 Å². The van der Waals surface area contributed by atoms with Crippen molar-refractivity contribution in [2.24, 2.45) is 0 Å². The van der Waals surface area contributed by atoms with Gasteiger partial charge in [0.1, 0.15) is 5.82 Å². The number of hydrogen-bond acceptors (Lipinski definition) is 2. The molecule has 2 aromatic carbocycles. The lowest BCUT2D eigenvalue weighted by Gasteiger charge is -2.26. The highest BCUT2D eigenvalue weighted by molar-refractivity contribution is 7.84. The molecule has 0 spiro atoms. The minimum absolute atomic E-state index is 0.374. The molecule has 0 radical (unpaired) electrons. The minimum Gasteiger partial charge on any atom is -0.398 e. The zero-order valence-corrected chi connectivity index (χ0v) is 14.8. The van der Waals surface area contributed by atoms with Crippen LogP contribution in [0.2, 0.25) is 5.02 Å². The fourth-order valence-corrected chi connectivity index (χ4v) is 3.09. The molecular weight excluding hydrogens is 335 g/mol. The summed E-state index contributed by atoms with van der Waals surface area (Å²) < 4.78 is 29.3. The molecule has 0 fully saturated rings. The third kappa shape index (κ3) is 4.31. The Morgan fingerprint density at radius 1 is 1.17 bits per heavy atom. The summed E-state index contributed by atoms with van der Waals surface area (Å²) >= 11 is 6.06. The second-order valence-electron chi connectivity index (χ2n) is 6.23. The molecule has 2 atom stereocenters. The molecule has 0 saturated heterocycles. The highest BCUT2D eigenvalue weighted by Crippen LogP contribution is 2.31. The van der Waals surface area contributed by atoms with Crippen LogP contribution in [0.1, 0.15) is 37.9 Å². The van der Waals surface area contributed by atoms with E-state index >= 15 is 0 Å². The zero-order chi connectivity index (χ0) is 17.2. The van der Waals surface area contributed by atoms with E-state index in [-0.39, 0.29) is 0 Å². The van der Waals surface area contributed by atoms with Crippen molar-refractivity contribution >= 4 is 28.3 Å². The van der Waals surface area contributed by atoms with Gasteiger partial charge in [-0.2, -0.15) is 0 Å². The first kappa shape index (κ1) is 17.9. The van der Waals surface area contributed by atoms with Crippen LogP contribution >= 0.6 is 11.6 Å². The first-order valence-corrected chi connectivity index (χ1v) is 8.70. The fraction of sp³-hybridized carbons (Fsp3) is 0.294. The predicted octanol–water partition coefficient (Wildman–Crippen LogP) is 4.20. The number of anilines is 1. The molecule has 0 unspecified atom stereocenters. The van der Waals surface area contributed by atoms with Crippen molar-refractivity contribution in [3.63, 3.8) is 0 Å². The van der Waals surface area contributed by atoms with Crippen LogP contribution in [0.3, 0.4) is 0 Å². The molecule has 0 amide bonds. The summed E-state index contributed by atoms with van der Waals surface area (Å²) in [4.78, 5) is 0. The number of hydrogen-bond donors (Lipinski definition) is 2. The lowest BCUT2D eigenvalue weighted by molar-refractivity contribution is 0.582. The standard InChI is InChI=1S/C17H20ClFN2OS/c1-17(2,3)23(22)21-16(12-6-4-5-7-14(12)19)13-10-11(18)8-9-15(13)20/h4-10,16,21H,20H2,1-3H3/t16-,23+/m1/s1. The molecule has 3 N–H and O–H groups in total. The lowest BCUT2D eigenvalue weighted by atomic mass is 9.98. The van der Waals surface area contributed by atoms with E-state index in [9.17, 15) is 8.60 Å². The van der Waals surface area contributed by atoms with Gasteiger partial charge in [-0.3, -0.25) is 0 Å². The number of halogens is 2. The Morgan fingerprint density at radius 3 is 2.43 bits per heavy atom. The molecule has 0 aromatic heterocycles. The Balaban J connectivity index is 2.54. The third-order valence-electron chi connectivity index (χ3n) is 3.36. The predicted molar refractivity (Wildman–Crippen MR) is 95.1 cm³/mol. The molecule has 23 heavy (non-hydrogen) atoms. The third-order valence-corrected chi connectivity index (χ3v) is 5.15. The normalized spacial score (nSPS) is 14.5. The minimum atomic E-state index is -1.41. The number of nitrogens with one attached hydrogen (secondary N) is 1. The van der Waals surface area contributed by atoms with Gasteiger partial charge in [-0.15, -0.1) is 0 Å². The van der Waals surface area contributed by atoms with Gasteiger partial charge in [-0.25, -0.2) is 13.3 Å². The molecule has 2 aromatic rings. The zero-order valence-electron chi connectivity index (χ0n) is 13.3. The van der Waals surface area contributed by atoms with Gasteiger partial charge in [0, 0.05) is 16.3 Å². The van der Waals surface area contributed by atoms with Gasteiger partial charge in [-0.1, -0.05) is 29.8 Å². The Labute approximate surface area is 143 Å². The molecule has 0 bridgehead atoms. The van der Waals surface area contributed by atoms with E-state index in [1.165, 1.54) is 6.07 Å². The van der Waals surface area contributed by atoms with Gasteiger partial charge >= 0.3 is 0 Å².